The summed E-state index contributed by atoms with van der Waals surface area (Å²) in [5, 5.41) is 19.5. The highest BCUT2D eigenvalue weighted by Crippen LogP contribution is 2.31. The summed E-state index contributed by atoms with van der Waals surface area (Å²) < 4.78 is 5.33. The van der Waals surface area contributed by atoms with Gasteiger partial charge in [-0.1, -0.05) is 0 Å². The van der Waals surface area contributed by atoms with Gasteiger partial charge in [-0.15, -0.1) is 0 Å². The molecule has 3 rings (SSSR count). The number of hydrogen-bond acceptors (Lipinski definition) is 6. The first-order valence-corrected chi connectivity index (χ1v) is 9.32. The number of ether oxygens (including phenoxy) is 1. The molecular formula is C20H22N4O5. The van der Waals surface area contributed by atoms with Crippen LogP contribution in [-0.2, 0) is 4.79 Å². The highest BCUT2D eigenvalue weighted by Gasteiger charge is 2.25. The fourth-order valence-electron chi connectivity index (χ4n) is 2.66. The molecule has 0 saturated heterocycles. The second-order valence-corrected chi connectivity index (χ2v) is 6.60. The van der Waals surface area contributed by atoms with E-state index in [0.29, 0.717) is 23.7 Å². The quantitative estimate of drug-likeness (QED) is 0.441. The number of nitrogens with one attached hydrogen (secondary N) is 3. The highest BCUT2D eigenvalue weighted by molar-refractivity contribution is 6.00. The fourth-order valence-corrected chi connectivity index (χ4v) is 2.66. The summed E-state index contributed by atoms with van der Waals surface area (Å²) in [7, 11) is 0. The molecule has 0 spiro atoms. The summed E-state index contributed by atoms with van der Waals surface area (Å²) >= 11 is 0. The van der Waals surface area contributed by atoms with Gasteiger partial charge in [0.2, 0.25) is 5.91 Å². The van der Waals surface area contributed by atoms with E-state index in [1.807, 2.05) is 6.92 Å². The number of carbonyl (C=O) groups is 2. The Balaban J connectivity index is 1.56. The van der Waals surface area contributed by atoms with Crippen molar-refractivity contribution in [3.63, 3.8) is 0 Å². The second kappa shape index (κ2) is 9.05. The minimum absolute atomic E-state index is 0.118. The molecular weight excluding hydrogens is 376 g/mol. The van der Waals surface area contributed by atoms with Gasteiger partial charge in [0.25, 0.3) is 11.6 Å². The van der Waals surface area contributed by atoms with Crippen LogP contribution in [0, 0.1) is 10.1 Å². The van der Waals surface area contributed by atoms with Crippen molar-refractivity contribution >= 4 is 28.9 Å². The first-order valence-electron chi connectivity index (χ1n) is 9.32. The van der Waals surface area contributed by atoms with Crippen molar-refractivity contribution in [2.24, 2.45) is 0 Å². The van der Waals surface area contributed by atoms with Crippen molar-refractivity contribution in [1.82, 2.24) is 5.32 Å². The molecule has 152 valence electrons. The molecule has 1 saturated carbocycles. The van der Waals surface area contributed by atoms with Crippen LogP contribution in [0.25, 0.3) is 0 Å². The monoisotopic (exact) mass is 398 g/mol. The number of nitrogens with zero attached hydrogens (tertiary/aromatic N) is 1. The third kappa shape index (κ3) is 5.68. The smallest absolute Gasteiger partial charge is 0.293 e. The summed E-state index contributed by atoms with van der Waals surface area (Å²) in [6.07, 6.45) is 1.95. The van der Waals surface area contributed by atoms with E-state index in [0.717, 1.165) is 12.8 Å². The van der Waals surface area contributed by atoms with Crippen LogP contribution >= 0.6 is 0 Å². The molecule has 1 fully saturated rings. The largest absolute Gasteiger partial charge is 0.494 e. The first-order chi connectivity index (χ1) is 14.0. The summed E-state index contributed by atoms with van der Waals surface area (Å²) in [6, 6.07) is 11.3. The normalized spacial score (nSPS) is 12.7. The Morgan fingerprint density at radius 1 is 1.17 bits per heavy atom. The lowest BCUT2D eigenvalue weighted by Crippen LogP contribution is -2.32. The average Bonchev–Trinajstić information content (AvgIpc) is 3.52. The van der Waals surface area contributed by atoms with Crippen LogP contribution < -0.4 is 20.7 Å². The van der Waals surface area contributed by atoms with Gasteiger partial charge >= 0.3 is 0 Å². The maximum absolute atomic E-state index is 12.3. The molecule has 0 atom stereocenters. The molecule has 2 aromatic carbocycles. The fraction of sp³-hybridized carbons (Fsp3) is 0.300. The Bertz CT molecular complexity index is 910. The number of amides is 2. The Kier molecular flexibility index (Phi) is 6.28. The van der Waals surface area contributed by atoms with Gasteiger partial charge in [0.05, 0.1) is 18.1 Å². The number of rotatable bonds is 9. The third-order valence-corrected chi connectivity index (χ3v) is 4.25. The predicted octanol–water partition coefficient (Wildman–Crippen LogP) is 2.94. The molecule has 9 heteroatoms. The maximum atomic E-state index is 12.3. The van der Waals surface area contributed by atoms with E-state index in [2.05, 4.69) is 16.0 Å². The topological polar surface area (TPSA) is 123 Å². The van der Waals surface area contributed by atoms with E-state index in [4.69, 9.17) is 4.74 Å². The van der Waals surface area contributed by atoms with Gasteiger partial charge in [0.1, 0.15) is 11.4 Å². The van der Waals surface area contributed by atoms with Crippen molar-refractivity contribution in [2.45, 2.75) is 25.8 Å². The standard InChI is InChI=1S/C20H22N4O5/c1-2-29-16-8-6-15(7-9-16)23-19(25)12-21-20(26)13-3-10-17(22-14-4-5-14)18(11-13)24(27)28/h3,6-11,14,22H,2,4-5,12H2,1H3,(H,21,26)(H,23,25). The van der Waals surface area contributed by atoms with Crippen LogP contribution in [-0.4, -0.2) is 35.9 Å². The Morgan fingerprint density at radius 3 is 2.52 bits per heavy atom. The summed E-state index contributed by atoms with van der Waals surface area (Å²) in [6.45, 7) is 2.17. The number of hydrogen-bond donors (Lipinski definition) is 3. The van der Waals surface area contributed by atoms with Crippen LogP contribution in [0.15, 0.2) is 42.5 Å². The molecule has 2 aromatic rings. The van der Waals surface area contributed by atoms with Crippen LogP contribution in [0.2, 0.25) is 0 Å². The molecule has 0 bridgehead atoms. The molecule has 1 aliphatic rings. The first kappa shape index (κ1) is 20.1. The minimum atomic E-state index is -0.562. The van der Waals surface area contributed by atoms with Gasteiger partial charge in [-0.25, -0.2) is 0 Å². The van der Waals surface area contributed by atoms with E-state index in [9.17, 15) is 19.7 Å². The van der Waals surface area contributed by atoms with Crippen LogP contribution in [0.4, 0.5) is 17.1 Å². The molecule has 29 heavy (non-hydrogen) atoms. The number of nitro benzene ring substituents is 1. The van der Waals surface area contributed by atoms with Crippen molar-refractivity contribution in [1.29, 1.82) is 0 Å². The average molecular weight is 398 g/mol. The Labute approximate surface area is 167 Å². The summed E-state index contributed by atoms with van der Waals surface area (Å²) in [5.41, 5.74) is 0.913. The zero-order valence-corrected chi connectivity index (χ0v) is 15.9. The van der Waals surface area contributed by atoms with Crippen LogP contribution in [0.3, 0.4) is 0 Å². The summed E-state index contributed by atoms with van der Waals surface area (Å²) in [5.74, 6) is -0.281. The zero-order chi connectivity index (χ0) is 20.8. The van der Waals surface area contributed by atoms with Gasteiger partial charge in [-0.2, -0.15) is 0 Å². The highest BCUT2D eigenvalue weighted by atomic mass is 16.6. The van der Waals surface area contributed by atoms with Crippen molar-refractivity contribution in [3.05, 3.63) is 58.1 Å². The van der Waals surface area contributed by atoms with Gasteiger partial charge < -0.3 is 20.7 Å². The molecule has 0 aromatic heterocycles. The summed E-state index contributed by atoms with van der Waals surface area (Å²) in [4.78, 5) is 35.1. The van der Waals surface area contributed by atoms with E-state index >= 15 is 0 Å². The molecule has 9 nitrogen and oxygen atoms in total. The van der Waals surface area contributed by atoms with E-state index in [1.165, 1.54) is 18.2 Å². The molecule has 0 heterocycles. The Morgan fingerprint density at radius 2 is 1.90 bits per heavy atom. The van der Waals surface area contributed by atoms with Crippen molar-refractivity contribution < 1.29 is 19.2 Å². The predicted molar refractivity (Wildman–Crippen MR) is 108 cm³/mol. The number of nitro groups is 1. The van der Waals surface area contributed by atoms with Gasteiger partial charge in [-0.3, -0.25) is 19.7 Å². The number of carbonyl (C=O) groups excluding carboxylic acids is 2. The van der Waals surface area contributed by atoms with Crippen LogP contribution in [0.1, 0.15) is 30.1 Å². The number of benzene rings is 2. The lowest BCUT2D eigenvalue weighted by molar-refractivity contribution is -0.384. The second-order valence-electron chi connectivity index (χ2n) is 6.60. The van der Waals surface area contributed by atoms with Crippen molar-refractivity contribution in [3.8, 4) is 5.75 Å². The third-order valence-electron chi connectivity index (χ3n) is 4.25. The van der Waals surface area contributed by atoms with Gasteiger partial charge in [0, 0.05) is 23.4 Å². The number of anilines is 2. The lowest BCUT2D eigenvalue weighted by atomic mass is 10.1. The molecule has 0 radical (unpaired) electrons. The molecule has 0 aliphatic heterocycles. The zero-order valence-electron chi connectivity index (χ0n) is 15.9. The van der Waals surface area contributed by atoms with E-state index < -0.39 is 16.7 Å². The van der Waals surface area contributed by atoms with Gasteiger partial charge in [0.15, 0.2) is 0 Å². The maximum Gasteiger partial charge on any atom is 0.293 e. The SMILES string of the molecule is CCOc1ccc(NC(=O)CNC(=O)c2ccc(NC3CC3)c([N+](=O)[O-])c2)cc1. The van der Waals surface area contributed by atoms with Crippen LogP contribution in [0.5, 0.6) is 5.75 Å². The van der Waals surface area contributed by atoms with Crippen molar-refractivity contribution in [2.75, 3.05) is 23.8 Å². The Hall–Kier alpha value is -3.62. The minimum Gasteiger partial charge on any atom is -0.494 e. The molecule has 2 amide bonds. The molecule has 0 unspecified atom stereocenters. The van der Waals surface area contributed by atoms with Gasteiger partial charge in [-0.05, 0) is 56.2 Å². The molecule has 3 N–H and O–H groups in total. The molecule has 1 aliphatic carbocycles. The van der Waals surface area contributed by atoms with E-state index in [-0.39, 0.29) is 23.8 Å². The lowest BCUT2D eigenvalue weighted by Gasteiger charge is -2.09. The van der Waals surface area contributed by atoms with E-state index in [1.54, 1.807) is 24.3 Å².